The van der Waals surface area contributed by atoms with Crippen LogP contribution in [-0.2, 0) is 0 Å². The Morgan fingerprint density at radius 1 is 0.722 bits per heavy atom. The molecule has 0 aliphatic rings. The molecule has 0 aliphatic heterocycles. The second-order valence-electron chi connectivity index (χ2n) is 5.56. The summed E-state index contributed by atoms with van der Waals surface area (Å²) < 4.78 is 0. The Bertz CT molecular complexity index is 169. The van der Waals surface area contributed by atoms with Crippen molar-refractivity contribution in [3.63, 3.8) is 0 Å². The number of rotatable bonds is 13. The molecule has 0 spiro atoms. The van der Waals surface area contributed by atoms with Gasteiger partial charge in [-0.2, -0.15) is 0 Å². The van der Waals surface area contributed by atoms with Crippen LogP contribution in [0.3, 0.4) is 0 Å². The van der Waals surface area contributed by atoms with Crippen molar-refractivity contribution in [3.8, 4) is 0 Å². The summed E-state index contributed by atoms with van der Waals surface area (Å²) in [4.78, 5) is 0. The molecule has 106 valence electrons. The Morgan fingerprint density at radius 2 is 1.28 bits per heavy atom. The van der Waals surface area contributed by atoms with Crippen LogP contribution < -0.4 is 0 Å². The molecule has 0 fully saturated rings. The lowest BCUT2D eigenvalue weighted by Gasteiger charge is -2.09. The van der Waals surface area contributed by atoms with E-state index < -0.39 is 0 Å². The third kappa shape index (κ3) is 13.8. The Balaban J connectivity index is 3.21. The van der Waals surface area contributed by atoms with Crippen LogP contribution in [0.2, 0.25) is 0 Å². The average Bonchev–Trinajstić information content (AvgIpc) is 2.38. The molecule has 0 bridgehead atoms. The predicted molar refractivity (Wildman–Crippen MR) is 84.4 cm³/mol. The van der Waals surface area contributed by atoms with Crippen LogP contribution in [0.25, 0.3) is 0 Å². The van der Waals surface area contributed by atoms with Crippen molar-refractivity contribution in [2.45, 2.75) is 84.0 Å². The van der Waals surface area contributed by atoms with Gasteiger partial charge in [0.15, 0.2) is 0 Å². The van der Waals surface area contributed by atoms with Crippen LogP contribution in [0.15, 0.2) is 12.2 Å². The van der Waals surface area contributed by atoms with E-state index in [4.69, 9.17) is 0 Å². The van der Waals surface area contributed by atoms with Gasteiger partial charge < -0.3 is 0 Å². The van der Waals surface area contributed by atoms with Gasteiger partial charge in [0, 0.05) is 0 Å². The Morgan fingerprint density at radius 3 is 1.94 bits per heavy atom. The van der Waals surface area contributed by atoms with Crippen molar-refractivity contribution in [1.29, 1.82) is 0 Å². The summed E-state index contributed by atoms with van der Waals surface area (Å²) in [5.74, 6) is 0.911. The normalized spacial score (nSPS) is 13.3. The molecule has 0 aromatic heterocycles. The molecule has 1 atom stereocenters. The molecule has 1 unspecified atom stereocenters. The highest BCUT2D eigenvalue weighted by Crippen LogP contribution is 2.16. The van der Waals surface area contributed by atoms with E-state index in [1.54, 1.807) is 0 Å². The quantitative estimate of drug-likeness (QED) is 0.257. The first kappa shape index (κ1) is 17.7. The third-order valence-electron chi connectivity index (χ3n) is 3.55. The predicted octanol–water partition coefficient (Wildman–Crippen LogP) is 6.53. The molecule has 0 amide bonds. The van der Waals surface area contributed by atoms with E-state index in [9.17, 15) is 0 Å². The summed E-state index contributed by atoms with van der Waals surface area (Å²) in [7, 11) is 0. The molecule has 0 N–H and O–H groups in total. The maximum absolute atomic E-state index is 3.89. The summed E-state index contributed by atoms with van der Waals surface area (Å²) >= 11 is 0. The SMILES string of the molecule is [CH2]CCCC/C=C/CCCC(C)CCCCC[CH2]. The zero-order valence-electron chi connectivity index (χ0n) is 12.6. The molecule has 18 heavy (non-hydrogen) atoms. The molecular weight excluding hydrogens is 216 g/mol. The van der Waals surface area contributed by atoms with Crippen molar-refractivity contribution in [2.75, 3.05) is 0 Å². The van der Waals surface area contributed by atoms with Crippen LogP contribution in [0, 0.1) is 19.8 Å². The maximum atomic E-state index is 3.89. The Labute approximate surface area is 116 Å². The molecule has 0 aromatic rings. The summed E-state index contributed by atoms with van der Waals surface area (Å²) in [6.45, 7) is 10.2. The average molecular weight is 250 g/mol. The minimum Gasteiger partial charge on any atom is -0.0885 e. The monoisotopic (exact) mass is 250 g/mol. The van der Waals surface area contributed by atoms with Gasteiger partial charge in [-0.1, -0.05) is 84.3 Å². The van der Waals surface area contributed by atoms with Crippen LogP contribution in [0.4, 0.5) is 0 Å². The number of hydrogen-bond acceptors (Lipinski definition) is 0. The molecule has 0 heteroatoms. The van der Waals surface area contributed by atoms with E-state index in [1.807, 2.05) is 0 Å². The lowest BCUT2D eigenvalue weighted by molar-refractivity contribution is 0.450. The molecule has 0 heterocycles. The topological polar surface area (TPSA) is 0 Å². The molecule has 0 rings (SSSR count). The first-order valence-electron chi connectivity index (χ1n) is 8.04. The molecular formula is C18H34. The van der Waals surface area contributed by atoms with E-state index in [1.165, 1.54) is 64.2 Å². The highest BCUT2D eigenvalue weighted by molar-refractivity contribution is 4.81. The number of allylic oxidation sites excluding steroid dienone is 2. The van der Waals surface area contributed by atoms with E-state index in [-0.39, 0.29) is 0 Å². The van der Waals surface area contributed by atoms with E-state index in [0.717, 1.165) is 18.8 Å². The smallest absolute Gasteiger partial charge is 0.0351 e. The lowest BCUT2D eigenvalue weighted by Crippen LogP contribution is -1.94. The van der Waals surface area contributed by atoms with Crippen molar-refractivity contribution < 1.29 is 0 Å². The third-order valence-corrected chi connectivity index (χ3v) is 3.55. The van der Waals surface area contributed by atoms with E-state index >= 15 is 0 Å². The summed E-state index contributed by atoms with van der Waals surface area (Å²) in [6, 6.07) is 0. The van der Waals surface area contributed by atoms with Gasteiger partial charge in [0.1, 0.15) is 0 Å². The zero-order valence-corrected chi connectivity index (χ0v) is 12.6. The Kier molecular flexibility index (Phi) is 14.6. The molecule has 0 saturated carbocycles. The molecule has 0 aromatic carbocycles. The van der Waals surface area contributed by atoms with Gasteiger partial charge in [-0.15, -0.1) is 0 Å². The lowest BCUT2D eigenvalue weighted by atomic mass is 9.97. The van der Waals surface area contributed by atoms with Gasteiger partial charge in [-0.25, -0.2) is 0 Å². The fourth-order valence-corrected chi connectivity index (χ4v) is 2.25. The van der Waals surface area contributed by atoms with Crippen molar-refractivity contribution >= 4 is 0 Å². The molecule has 0 saturated heterocycles. The van der Waals surface area contributed by atoms with Gasteiger partial charge in [0.2, 0.25) is 0 Å². The first-order valence-corrected chi connectivity index (χ1v) is 8.04. The van der Waals surface area contributed by atoms with Crippen molar-refractivity contribution in [2.24, 2.45) is 5.92 Å². The van der Waals surface area contributed by atoms with Gasteiger partial charge >= 0.3 is 0 Å². The largest absolute Gasteiger partial charge is 0.0885 e. The van der Waals surface area contributed by atoms with Crippen LogP contribution >= 0.6 is 0 Å². The standard InChI is InChI=1S/C18H34/c1-4-6-8-10-11-12-13-15-17-18(3)16-14-9-7-5-2/h11-12,18H,1-2,4-10,13-17H2,3H3/b12-11+. The van der Waals surface area contributed by atoms with Gasteiger partial charge in [0.25, 0.3) is 0 Å². The second kappa shape index (κ2) is 14.8. The number of unbranched alkanes of at least 4 members (excludes halogenated alkanes) is 7. The zero-order chi connectivity index (χ0) is 13.5. The fraction of sp³-hybridized carbons (Fsp3) is 0.778. The highest BCUT2D eigenvalue weighted by Gasteiger charge is 2.00. The second-order valence-corrected chi connectivity index (χ2v) is 5.56. The van der Waals surface area contributed by atoms with Gasteiger partial charge in [-0.3, -0.25) is 0 Å². The van der Waals surface area contributed by atoms with E-state index in [2.05, 4.69) is 32.9 Å². The van der Waals surface area contributed by atoms with E-state index in [0.29, 0.717) is 0 Å². The number of hydrogen-bond donors (Lipinski definition) is 0. The molecule has 0 aliphatic carbocycles. The van der Waals surface area contributed by atoms with Gasteiger partial charge in [-0.05, 0) is 31.6 Å². The summed E-state index contributed by atoms with van der Waals surface area (Å²) in [5, 5.41) is 0. The van der Waals surface area contributed by atoms with Crippen LogP contribution in [-0.4, -0.2) is 0 Å². The summed E-state index contributed by atoms with van der Waals surface area (Å²) in [5.41, 5.74) is 0. The fourth-order valence-electron chi connectivity index (χ4n) is 2.25. The highest BCUT2D eigenvalue weighted by atomic mass is 14.1. The van der Waals surface area contributed by atoms with Crippen LogP contribution in [0.5, 0.6) is 0 Å². The van der Waals surface area contributed by atoms with Crippen molar-refractivity contribution in [1.82, 2.24) is 0 Å². The maximum Gasteiger partial charge on any atom is -0.0351 e. The van der Waals surface area contributed by atoms with Crippen LogP contribution in [0.1, 0.15) is 84.0 Å². The van der Waals surface area contributed by atoms with Crippen molar-refractivity contribution in [3.05, 3.63) is 26.0 Å². The van der Waals surface area contributed by atoms with Gasteiger partial charge in [0.05, 0.1) is 0 Å². The minimum absolute atomic E-state index is 0.911. The molecule has 2 radical (unpaired) electrons. The minimum atomic E-state index is 0.911. The summed E-state index contributed by atoms with van der Waals surface area (Å²) in [6.07, 6.45) is 20.3. The first-order chi connectivity index (χ1) is 8.81. The molecule has 0 nitrogen and oxygen atoms in total. The Hall–Kier alpha value is -0.260.